The monoisotopic (exact) mass is 153 g/mol. The van der Waals surface area contributed by atoms with Crippen molar-refractivity contribution in [2.24, 2.45) is 4.99 Å². The molecule has 0 bridgehead atoms. The van der Waals surface area contributed by atoms with Gasteiger partial charge in [0.25, 0.3) is 0 Å². The van der Waals surface area contributed by atoms with Crippen LogP contribution in [0, 0.1) is 0 Å². The van der Waals surface area contributed by atoms with Crippen molar-refractivity contribution in [1.82, 2.24) is 0 Å². The van der Waals surface area contributed by atoms with Gasteiger partial charge in [-0.15, -0.1) is 0 Å². The summed E-state index contributed by atoms with van der Waals surface area (Å²) in [5.41, 5.74) is 1.46. The Kier molecular flexibility index (Phi) is 2.08. The molecule has 3 nitrogen and oxygen atoms in total. The van der Waals surface area contributed by atoms with Crippen LogP contribution in [-0.4, -0.2) is 11.9 Å². The third-order valence-electron chi connectivity index (χ3n) is 1.64. The predicted molar refractivity (Wildman–Crippen MR) is 42.2 cm³/mol. The number of allylic oxidation sites excluding steroid dienone is 1. The summed E-state index contributed by atoms with van der Waals surface area (Å²) in [5.74, 6) is 0.125. The van der Waals surface area contributed by atoms with Crippen LogP contribution in [-0.2, 0) is 9.53 Å². The maximum atomic E-state index is 11.0. The van der Waals surface area contributed by atoms with Crippen LogP contribution in [0.5, 0.6) is 0 Å². The van der Waals surface area contributed by atoms with Crippen molar-refractivity contribution >= 4 is 11.9 Å². The Morgan fingerprint density at radius 3 is 2.64 bits per heavy atom. The molecule has 3 heteroatoms. The average Bonchev–Trinajstić information content (AvgIpc) is 2.28. The molecule has 0 saturated carbocycles. The van der Waals surface area contributed by atoms with E-state index in [9.17, 15) is 4.79 Å². The van der Waals surface area contributed by atoms with E-state index in [0.29, 0.717) is 11.6 Å². The zero-order chi connectivity index (χ0) is 8.43. The largest absolute Gasteiger partial charge is 0.407 e. The molecule has 1 heterocycles. The third kappa shape index (κ3) is 1.48. The normalized spacial score (nSPS) is 21.4. The Hall–Kier alpha value is -1.12. The van der Waals surface area contributed by atoms with Crippen LogP contribution in [0.1, 0.15) is 27.2 Å². The highest BCUT2D eigenvalue weighted by molar-refractivity contribution is 6.04. The number of aliphatic imine (C=N–C) groups is 1. The summed E-state index contributed by atoms with van der Waals surface area (Å²) >= 11 is 0. The van der Waals surface area contributed by atoms with E-state index in [-0.39, 0.29) is 5.97 Å². The minimum atomic E-state index is -0.318. The molecule has 0 aromatic carbocycles. The fraction of sp³-hybridized carbons (Fsp3) is 0.500. The molecule has 1 aliphatic heterocycles. The van der Waals surface area contributed by atoms with E-state index < -0.39 is 0 Å². The first kappa shape index (κ1) is 7.98. The SMILES string of the molecule is CC/C(C)=C1\N=C(C)OC1=O. The molecule has 0 aromatic rings. The second kappa shape index (κ2) is 2.86. The fourth-order valence-corrected chi connectivity index (χ4v) is 0.846. The third-order valence-corrected chi connectivity index (χ3v) is 1.64. The van der Waals surface area contributed by atoms with Gasteiger partial charge in [0.2, 0.25) is 0 Å². The van der Waals surface area contributed by atoms with Crippen LogP contribution in [0.25, 0.3) is 0 Å². The van der Waals surface area contributed by atoms with Gasteiger partial charge in [-0.3, -0.25) is 0 Å². The number of cyclic esters (lactones) is 1. The molecule has 0 spiro atoms. The number of ether oxygens (including phenoxy) is 1. The molecule has 0 aliphatic carbocycles. The lowest BCUT2D eigenvalue weighted by Crippen LogP contribution is -2.01. The van der Waals surface area contributed by atoms with Crippen molar-refractivity contribution in [1.29, 1.82) is 0 Å². The van der Waals surface area contributed by atoms with Crippen LogP contribution in [0.15, 0.2) is 16.3 Å². The van der Waals surface area contributed by atoms with Gasteiger partial charge in [-0.25, -0.2) is 9.79 Å². The number of carbonyl (C=O) groups is 1. The van der Waals surface area contributed by atoms with Crippen molar-refractivity contribution in [2.75, 3.05) is 0 Å². The topological polar surface area (TPSA) is 38.7 Å². The van der Waals surface area contributed by atoms with Gasteiger partial charge in [0.05, 0.1) is 0 Å². The highest BCUT2D eigenvalue weighted by Crippen LogP contribution is 2.16. The van der Waals surface area contributed by atoms with E-state index >= 15 is 0 Å². The molecule has 0 atom stereocenters. The highest BCUT2D eigenvalue weighted by Gasteiger charge is 2.21. The van der Waals surface area contributed by atoms with Crippen molar-refractivity contribution in [3.05, 3.63) is 11.3 Å². The zero-order valence-corrected chi connectivity index (χ0v) is 6.97. The summed E-state index contributed by atoms with van der Waals surface area (Å²) in [7, 11) is 0. The van der Waals surface area contributed by atoms with Gasteiger partial charge in [0.15, 0.2) is 11.6 Å². The van der Waals surface area contributed by atoms with E-state index in [1.807, 2.05) is 13.8 Å². The van der Waals surface area contributed by atoms with Gasteiger partial charge in [0.1, 0.15) is 0 Å². The van der Waals surface area contributed by atoms with Gasteiger partial charge in [-0.1, -0.05) is 6.92 Å². The van der Waals surface area contributed by atoms with Crippen LogP contribution in [0.3, 0.4) is 0 Å². The number of rotatable bonds is 1. The zero-order valence-electron chi connectivity index (χ0n) is 6.97. The van der Waals surface area contributed by atoms with Crippen molar-refractivity contribution in [3.63, 3.8) is 0 Å². The summed E-state index contributed by atoms with van der Waals surface area (Å²) in [6, 6.07) is 0. The van der Waals surface area contributed by atoms with Gasteiger partial charge in [-0.05, 0) is 18.9 Å². The molecule has 0 saturated heterocycles. The quantitative estimate of drug-likeness (QED) is 0.424. The maximum Gasteiger partial charge on any atom is 0.363 e. The fourth-order valence-electron chi connectivity index (χ4n) is 0.846. The molecule has 1 rings (SSSR count). The lowest BCUT2D eigenvalue weighted by atomic mass is 10.2. The smallest absolute Gasteiger partial charge is 0.363 e. The summed E-state index contributed by atoms with van der Waals surface area (Å²) in [4.78, 5) is 15.0. The Bertz CT molecular complexity index is 251. The first-order valence-corrected chi connectivity index (χ1v) is 3.62. The molecule has 0 radical (unpaired) electrons. The molecule has 0 amide bonds. The summed E-state index contributed by atoms with van der Waals surface area (Å²) in [5, 5.41) is 0. The van der Waals surface area contributed by atoms with Crippen LogP contribution in [0.4, 0.5) is 0 Å². The van der Waals surface area contributed by atoms with Crippen molar-refractivity contribution < 1.29 is 9.53 Å². The first-order valence-electron chi connectivity index (χ1n) is 3.62. The molecule has 0 fully saturated rings. The Morgan fingerprint density at radius 2 is 2.27 bits per heavy atom. The van der Waals surface area contributed by atoms with Crippen LogP contribution >= 0.6 is 0 Å². The lowest BCUT2D eigenvalue weighted by Gasteiger charge is -1.94. The number of hydrogen-bond acceptors (Lipinski definition) is 3. The molecule has 0 N–H and O–H groups in total. The molecule has 60 valence electrons. The lowest BCUT2D eigenvalue weighted by molar-refractivity contribution is -0.130. The Labute approximate surface area is 65.8 Å². The Morgan fingerprint density at radius 1 is 1.64 bits per heavy atom. The van der Waals surface area contributed by atoms with Gasteiger partial charge < -0.3 is 4.74 Å². The Balaban J connectivity index is 2.97. The van der Waals surface area contributed by atoms with E-state index in [0.717, 1.165) is 12.0 Å². The second-order valence-corrected chi connectivity index (χ2v) is 2.50. The van der Waals surface area contributed by atoms with Crippen molar-refractivity contribution in [3.8, 4) is 0 Å². The van der Waals surface area contributed by atoms with E-state index in [1.54, 1.807) is 6.92 Å². The van der Waals surface area contributed by atoms with Gasteiger partial charge >= 0.3 is 5.97 Å². The maximum absolute atomic E-state index is 11.0. The van der Waals surface area contributed by atoms with E-state index in [4.69, 9.17) is 4.74 Å². The minimum absolute atomic E-state index is 0.318. The average molecular weight is 153 g/mol. The molecule has 11 heavy (non-hydrogen) atoms. The number of carbonyl (C=O) groups excluding carboxylic acids is 1. The first-order chi connectivity index (χ1) is 5.15. The standard InChI is InChI=1S/C8H11NO2/c1-4-5(2)7-8(10)11-6(3)9-7/h4H2,1-3H3/b7-5-. The summed E-state index contributed by atoms with van der Waals surface area (Å²) in [6.45, 7) is 5.55. The minimum Gasteiger partial charge on any atom is -0.407 e. The van der Waals surface area contributed by atoms with Gasteiger partial charge in [0, 0.05) is 6.92 Å². The molecule has 1 aliphatic rings. The van der Waals surface area contributed by atoms with E-state index in [2.05, 4.69) is 4.99 Å². The van der Waals surface area contributed by atoms with Crippen LogP contribution in [0.2, 0.25) is 0 Å². The molecule has 0 aromatic heterocycles. The highest BCUT2D eigenvalue weighted by atomic mass is 16.6. The van der Waals surface area contributed by atoms with Crippen LogP contribution < -0.4 is 0 Å². The predicted octanol–water partition coefficient (Wildman–Crippen LogP) is 1.65. The second-order valence-electron chi connectivity index (χ2n) is 2.50. The van der Waals surface area contributed by atoms with Crippen molar-refractivity contribution in [2.45, 2.75) is 27.2 Å². The number of hydrogen-bond donors (Lipinski definition) is 0. The number of esters is 1. The summed E-state index contributed by atoms with van der Waals surface area (Å²) in [6.07, 6.45) is 0.835. The number of nitrogens with zero attached hydrogens (tertiary/aromatic N) is 1. The molecular weight excluding hydrogens is 142 g/mol. The molecule has 0 unspecified atom stereocenters. The van der Waals surface area contributed by atoms with E-state index in [1.165, 1.54) is 0 Å². The van der Waals surface area contributed by atoms with Gasteiger partial charge in [-0.2, -0.15) is 0 Å². The summed E-state index contributed by atoms with van der Waals surface area (Å²) < 4.78 is 4.75. The molecular formula is C8H11NO2.